The van der Waals surface area contributed by atoms with Crippen LogP contribution in [0, 0.1) is 0 Å². The molecule has 0 radical (unpaired) electrons. The number of rotatable bonds is 4. The molecule has 1 aromatic carbocycles. The van der Waals surface area contributed by atoms with Crippen molar-refractivity contribution in [2.75, 3.05) is 39.5 Å². The van der Waals surface area contributed by atoms with Gasteiger partial charge in [0.25, 0.3) is 0 Å². The Morgan fingerprint density at radius 2 is 1.96 bits per heavy atom. The summed E-state index contributed by atoms with van der Waals surface area (Å²) in [6.07, 6.45) is 0. The number of nitrogens with zero attached hydrogens (tertiary/aromatic N) is 1. The summed E-state index contributed by atoms with van der Waals surface area (Å²) in [6, 6.07) is 6.04. The summed E-state index contributed by atoms with van der Waals surface area (Å²) in [6.45, 7) is 5.95. The fourth-order valence-corrected chi connectivity index (χ4v) is 2.90. The van der Waals surface area contributed by atoms with Crippen LogP contribution in [0.3, 0.4) is 0 Å². The van der Waals surface area contributed by atoms with Crippen molar-refractivity contribution in [3.05, 3.63) is 23.8 Å². The Morgan fingerprint density at radius 1 is 1.22 bits per heavy atom. The van der Waals surface area contributed by atoms with E-state index in [4.69, 9.17) is 9.47 Å². The van der Waals surface area contributed by atoms with Gasteiger partial charge in [-0.25, -0.2) is 0 Å². The molecule has 0 saturated carbocycles. The molecule has 0 unspecified atom stereocenters. The van der Waals surface area contributed by atoms with Crippen LogP contribution in [-0.2, 0) is 16.1 Å². The molecule has 23 heavy (non-hydrogen) atoms. The van der Waals surface area contributed by atoms with E-state index in [2.05, 4.69) is 11.4 Å². The summed E-state index contributed by atoms with van der Waals surface area (Å²) < 4.78 is 10.7. The number of carbonyl (C=O) groups is 2. The molecule has 124 valence electrons. The predicted molar refractivity (Wildman–Crippen MR) is 82.2 cm³/mol. The summed E-state index contributed by atoms with van der Waals surface area (Å²) in [5, 5.41) is 2.55. The van der Waals surface area contributed by atoms with Crippen LogP contribution in [0.1, 0.15) is 12.5 Å². The quantitative estimate of drug-likeness (QED) is 0.729. The molecule has 0 bridgehead atoms. The first-order valence-electron chi connectivity index (χ1n) is 7.86. The second-order valence-electron chi connectivity index (χ2n) is 5.90. The highest BCUT2D eigenvalue weighted by atomic mass is 16.7. The zero-order valence-corrected chi connectivity index (χ0v) is 13.3. The van der Waals surface area contributed by atoms with Gasteiger partial charge < -0.3 is 24.6 Å². The van der Waals surface area contributed by atoms with E-state index in [-0.39, 0.29) is 18.4 Å². The van der Waals surface area contributed by atoms with Crippen LogP contribution in [0.2, 0.25) is 0 Å². The molecule has 2 aliphatic heterocycles. The van der Waals surface area contributed by atoms with Crippen LogP contribution in [0.15, 0.2) is 18.2 Å². The Kier molecular flexibility index (Phi) is 4.66. The van der Waals surface area contributed by atoms with Gasteiger partial charge in [0.05, 0.1) is 32.7 Å². The Morgan fingerprint density at radius 3 is 2.70 bits per heavy atom. The molecular formula is C16H22N3O4+. The van der Waals surface area contributed by atoms with E-state index < -0.39 is 0 Å². The highest BCUT2D eigenvalue weighted by Crippen LogP contribution is 2.32. The third kappa shape index (κ3) is 3.92. The van der Waals surface area contributed by atoms with Crippen LogP contribution >= 0.6 is 0 Å². The zero-order chi connectivity index (χ0) is 16.2. The normalized spacial score (nSPS) is 17.2. The molecule has 1 aromatic rings. The Hall–Kier alpha value is -2.28. The Bertz CT molecular complexity index is 597. The zero-order valence-electron chi connectivity index (χ0n) is 13.3. The average Bonchev–Trinajstić information content (AvgIpc) is 3.01. The van der Waals surface area contributed by atoms with E-state index in [9.17, 15) is 9.59 Å². The molecule has 1 saturated heterocycles. The minimum absolute atomic E-state index is 0.0117. The van der Waals surface area contributed by atoms with Gasteiger partial charge in [-0.3, -0.25) is 9.59 Å². The van der Waals surface area contributed by atoms with E-state index in [1.807, 2.05) is 17.0 Å². The molecule has 2 amide bonds. The van der Waals surface area contributed by atoms with Crippen molar-refractivity contribution in [3.63, 3.8) is 0 Å². The lowest BCUT2D eigenvalue weighted by Gasteiger charge is -2.32. The summed E-state index contributed by atoms with van der Waals surface area (Å²) >= 11 is 0. The third-order valence-corrected chi connectivity index (χ3v) is 4.20. The molecule has 1 fully saturated rings. The maximum Gasteiger partial charge on any atom is 0.242 e. The first-order valence-corrected chi connectivity index (χ1v) is 7.86. The Labute approximate surface area is 135 Å². The summed E-state index contributed by atoms with van der Waals surface area (Å²) in [7, 11) is 0. The van der Waals surface area contributed by atoms with Gasteiger partial charge in [-0.15, -0.1) is 0 Å². The lowest BCUT2D eigenvalue weighted by molar-refractivity contribution is -0.917. The molecule has 2 aliphatic rings. The molecule has 0 spiro atoms. The number of piperazine rings is 1. The lowest BCUT2D eigenvalue weighted by atomic mass is 10.1. The van der Waals surface area contributed by atoms with Gasteiger partial charge >= 0.3 is 0 Å². The molecule has 2 N–H and O–H groups in total. The monoisotopic (exact) mass is 320 g/mol. The van der Waals surface area contributed by atoms with Gasteiger partial charge in [-0.1, -0.05) is 0 Å². The average molecular weight is 320 g/mol. The van der Waals surface area contributed by atoms with Gasteiger partial charge in [0, 0.05) is 12.5 Å². The lowest BCUT2D eigenvalue weighted by Crippen LogP contribution is -3.13. The third-order valence-electron chi connectivity index (χ3n) is 4.20. The van der Waals surface area contributed by atoms with E-state index in [0.29, 0.717) is 6.79 Å². The topological polar surface area (TPSA) is 72.3 Å². The molecular weight excluding hydrogens is 298 g/mol. The largest absolute Gasteiger partial charge is 0.454 e. The van der Waals surface area contributed by atoms with Crippen LogP contribution in [0.4, 0.5) is 0 Å². The minimum Gasteiger partial charge on any atom is -0.454 e. The van der Waals surface area contributed by atoms with E-state index in [1.165, 1.54) is 17.4 Å². The molecule has 0 atom stereocenters. The van der Waals surface area contributed by atoms with Crippen LogP contribution in [0.25, 0.3) is 0 Å². The molecule has 7 nitrogen and oxygen atoms in total. The van der Waals surface area contributed by atoms with Gasteiger partial charge in [0.2, 0.25) is 18.6 Å². The number of amides is 2. The molecule has 0 aliphatic carbocycles. The number of quaternary nitrogens is 1. The molecule has 2 heterocycles. The van der Waals surface area contributed by atoms with Crippen molar-refractivity contribution in [3.8, 4) is 11.5 Å². The smallest absolute Gasteiger partial charge is 0.242 e. The van der Waals surface area contributed by atoms with Crippen molar-refractivity contribution in [2.45, 2.75) is 13.5 Å². The van der Waals surface area contributed by atoms with Crippen LogP contribution in [-0.4, -0.2) is 56.2 Å². The van der Waals surface area contributed by atoms with E-state index >= 15 is 0 Å². The van der Waals surface area contributed by atoms with E-state index in [1.54, 1.807) is 0 Å². The van der Waals surface area contributed by atoms with Crippen LogP contribution in [0.5, 0.6) is 11.5 Å². The predicted octanol–water partition coefficient (Wildman–Crippen LogP) is -1.22. The van der Waals surface area contributed by atoms with Gasteiger partial charge in [-0.05, 0) is 18.2 Å². The fourth-order valence-electron chi connectivity index (χ4n) is 2.90. The number of hydrogen-bond acceptors (Lipinski definition) is 4. The van der Waals surface area contributed by atoms with E-state index in [0.717, 1.165) is 44.2 Å². The van der Waals surface area contributed by atoms with Crippen molar-refractivity contribution >= 4 is 11.8 Å². The highest BCUT2D eigenvalue weighted by molar-refractivity contribution is 5.83. The fraction of sp³-hybridized carbons (Fsp3) is 0.500. The standard InChI is InChI=1S/C16H21N3O4/c1-12(20)17-9-16(21)19-6-4-18(5-7-19)10-13-2-3-14-15(8-13)23-11-22-14/h2-3,8H,4-7,9-11H2,1H3,(H,17,20)/p+1. The first kappa shape index (κ1) is 15.6. The second kappa shape index (κ2) is 6.87. The Balaban J connectivity index is 1.47. The van der Waals surface area contributed by atoms with Crippen molar-refractivity contribution in [1.29, 1.82) is 0 Å². The van der Waals surface area contributed by atoms with Crippen molar-refractivity contribution in [2.24, 2.45) is 0 Å². The number of carbonyl (C=O) groups excluding carboxylic acids is 2. The van der Waals surface area contributed by atoms with Gasteiger partial charge in [0.1, 0.15) is 6.54 Å². The molecule has 3 rings (SSSR count). The van der Waals surface area contributed by atoms with Crippen molar-refractivity contribution < 1.29 is 24.0 Å². The summed E-state index contributed by atoms with van der Waals surface area (Å²) in [5.74, 6) is 1.43. The first-order chi connectivity index (χ1) is 11.1. The summed E-state index contributed by atoms with van der Waals surface area (Å²) in [4.78, 5) is 26.1. The SMILES string of the molecule is CC(=O)NCC(=O)N1CC[NH+](Cc2ccc3c(c2)OCO3)CC1. The number of nitrogens with one attached hydrogen (secondary N) is 2. The number of hydrogen-bond donors (Lipinski definition) is 2. The maximum absolute atomic E-state index is 12.0. The van der Waals surface area contributed by atoms with Crippen LogP contribution < -0.4 is 19.7 Å². The minimum atomic E-state index is -0.176. The van der Waals surface area contributed by atoms with Crippen molar-refractivity contribution in [1.82, 2.24) is 10.2 Å². The summed E-state index contributed by atoms with van der Waals surface area (Å²) in [5.41, 5.74) is 1.21. The number of ether oxygens (including phenoxy) is 2. The molecule has 0 aromatic heterocycles. The maximum atomic E-state index is 12.0. The number of fused-ring (bicyclic) bond motifs is 1. The highest BCUT2D eigenvalue weighted by Gasteiger charge is 2.24. The second-order valence-corrected chi connectivity index (χ2v) is 5.90. The van der Waals surface area contributed by atoms with Gasteiger partial charge in [0.15, 0.2) is 11.5 Å². The number of benzene rings is 1. The van der Waals surface area contributed by atoms with Gasteiger partial charge in [-0.2, -0.15) is 0 Å². The molecule has 7 heteroatoms.